The first kappa shape index (κ1) is 28.8. The van der Waals surface area contributed by atoms with E-state index in [9.17, 15) is 8.42 Å². The fourth-order valence-corrected chi connectivity index (χ4v) is 8.99. The molecule has 0 aliphatic rings. The van der Waals surface area contributed by atoms with Gasteiger partial charge in [-0.25, -0.2) is 18.2 Å². The van der Waals surface area contributed by atoms with E-state index in [4.69, 9.17) is 11.6 Å². The summed E-state index contributed by atoms with van der Waals surface area (Å²) in [5, 5.41) is 8.42. The third-order valence-electron chi connectivity index (χ3n) is 9.45. The molecule has 0 aliphatic heterocycles. The number of para-hydroxylation sites is 1. The van der Waals surface area contributed by atoms with Gasteiger partial charge in [0.2, 0.25) is 9.84 Å². The highest BCUT2D eigenvalue weighted by Crippen LogP contribution is 2.47. The molecule has 0 amide bonds. The number of rotatable bonds is 4. The van der Waals surface area contributed by atoms with Crippen LogP contribution in [0.25, 0.3) is 81.2 Å². The Morgan fingerprint density at radius 1 is 0.510 bits per heavy atom. The molecule has 49 heavy (non-hydrogen) atoms. The maximum atomic E-state index is 14.5. The molecule has 0 bridgehead atoms. The number of fused-ring (bicyclic) bond motifs is 7. The molecule has 1 heterocycles. The highest BCUT2D eigenvalue weighted by molar-refractivity contribution is 7.92. The van der Waals surface area contributed by atoms with Gasteiger partial charge in [-0.1, -0.05) is 146 Å². The molecule has 0 saturated heterocycles. The topological polar surface area (TPSA) is 51.4 Å². The molecule has 230 valence electrons. The van der Waals surface area contributed by atoms with Crippen molar-refractivity contribution in [2.24, 2.45) is 0 Å². The van der Waals surface area contributed by atoms with Crippen molar-refractivity contribution in [2.75, 3.05) is 0 Å². The fourth-order valence-electron chi connectivity index (χ4n) is 7.32. The van der Waals surface area contributed by atoms with Crippen LogP contribution in [0, 0.1) is 6.57 Å². The maximum absolute atomic E-state index is 14.5. The van der Waals surface area contributed by atoms with Crippen LogP contribution in [0.3, 0.4) is 0 Å². The highest BCUT2D eigenvalue weighted by Gasteiger charge is 2.27. The molecule has 0 radical (unpaired) electrons. The largest absolute Gasteiger partial charge is 0.247 e. The van der Waals surface area contributed by atoms with E-state index in [-0.39, 0.29) is 9.79 Å². The molecule has 0 fully saturated rings. The van der Waals surface area contributed by atoms with E-state index in [0.717, 1.165) is 65.6 Å². The van der Waals surface area contributed by atoms with Crippen molar-refractivity contribution in [3.05, 3.63) is 169 Å². The molecule has 0 spiro atoms. The molecule has 4 nitrogen and oxygen atoms in total. The third kappa shape index (κ3) is 4.42. The Labute approximate surface area is 283 Å². The summed E-state index contributed by atoms with van der Waals surface area (Å²) in [4.78, 5) is 9.11. The van der Waals surface area contributed by atoms with Crippen molar-refractivity contribution in [3.8, 4) is 22.4 Å². The first-order chi connectivity index (χ1) is 24.0. The number of nitrogens with zero attached hydrogens (tertiary/aromatic N) is 2. The van der Waals surface area contributed by atoms with Crippen molar-refractivity contribution in [3.63, 3.8) is 0 Å². The molecule has 9 rings (SSSR count). The first-order valence-electron chi connectivity index (χ1n) is 16.0. The van der Waals surface area contributed by atoms with E-state index in [1.807, 2.05) is 72.8 Å². The van der Waals surface area contributed by atoms with E-state index in [1.165, 1.54) is 12.1 Å². The lowest BCUT2D eigenvalue weighted by Crippen LogP contribution is -2.05. The Morgan fingerprint density at radius 2 is 1.04 bits per heavy atom. The van der Waals surface area contributed by atoms with Crippen LogP contribution >= 0.6 is 0 Å². The Bertz CT molecular complexity index is 2890. The average Bonchev–Trinajstić information content (AvgIpc) is 3.16. The zero-order chi connectivity index (χ0) is 33.1. The van der Waals surface area contributed by atoms with Gasteiger partial charge in [-0.2, -0.15) is 0 Å². The fraction of sp³-hybridized carbons (Fsp3) is 0. The minimum absolute atomic E-state index is 0.157. The summed E-state index contributed by atoms with van der Waals surface area (Å²) in [6.45, 7) is 7.34. The quantitative estimate of drug-likeness (QED) is 0.109. The first-order valence-corrected chi connectivity index (χ1v) is 17.5. The predicted octanol–water partition coefficient (Wildman–Crippen LogP) is 11.6. The second-order valence-corrected chi connectivity index (χ2v) is 14.0. The number of hydrogen-bond donors (Lipinski definition) is 0. The Hall–Kier alpha value is -6.35. The standard InChI is InChI=1S/C44H26N2O2S/c1-45-29-23-25-30(26-24-29)49(47,48)44-35-19-9-7-17-33(35)41(34-18-8-10-20-36(34)44)38-27-39-42(32-16-6-5-15-31(32)38)37-21-11-12-22-40(37)46-43(39)28-13-3-2-4-14-28/h2-27H. The lowest BCUT2D eigenvalue weighted by Gasteiger charge is -2.20. The van der Waals surface area contributed by atoms with Gasteiger partial charge in [-0.15, -0.1) is 0 Å². The summed E-state index contributed by atoms with van der Waals surface area (Å²) in [5.41, 5.74) is 5.23. The van der Waals surface area contributed by atoms with Crippen LogP contribution in [0.5, 0.6) is 0 Å². The molecule has 0 saturated carbocycles. The van der Waals surface area contributed by atoms with Crippen molar-refractivity contribution in [2.45, 2.75) is 9.79 Å². The smallest absolute Gasteiger partial charge is 0.207 e. The molecular weight excluding hydrogens is 621 g/mol. The molecule has 5 heteroatoms. The third-order valence-corrected chi connectivity index (χ3v) is 11.3. The Morgan fingerprint density at radius 3 is 1.67 bits per heavy atom. The van der Waals surface area contributed by atoms with E-state index in [2.05, 4.69) is 65.5 Å². The van der Waals surface area contributed by atoms with Gasteiger partial charge in [0.15, 0.2) is 5.69 Å². The van der Waals surface area contributed by atoms with Crippen LogP contribution in [-0.4, -0.2) is 13.4 Å². The van der Waals surface area contributed by atoms with E-state index >= 15 is 0 Å². The monoisotopic (exact) mass is 646 g/mol. The van der Waals surface area contributed by atoms with Crippen molar-refractivity contribution < 1.29 is 8.42 Å². The SMILES string of the molecule is [C-]#[N+]c1ccc(S(=O)(=O)c2c3ccccc3c(-c3cc4c(-c5ccccc5)nc5ccccc5c4c4ccccc34)c3ccccc23)cc1. The summed E-state index contributed by atoms with van der Waals surface area (Å²) < 4.78 is 29.1. The number of pyridine rings is 1. The summed E-state index contributed by atoms with van der Waals surface area (Å²) >= 11 is 0. The average molecular weight is 647 g/mol. The zero-order valence-corrected chi connectivity index (χ0v) is 26.9. The predicted molar refractivity (Wildman–Crippen MR) is 201 cm³/mol. The van der Waals surface area contributed by atoms with Crippen LogP contribution in [0.4, 0.5) is 5.69 Å². The van der Waals surface area contributed by atoms with Gasteiger partial charge in [0.25, 0.3) is 0 Å². The second-order valence-electron chi connectivity index (χ2n) is 12.1. The lowest BCUT2D eigenvalue weighted by molar-refractivity contribution is 0.598. The van der Waals surface area contributed by atoms with Crippen LogP contribution < -0.4 is 0 Å². The molecule has 9 aromatic rings. The van der Waals surface area contributed by atoms with Gasteiger partial charge < -0.3 is 0 Å². The molecule has 8 aromatic carbocycles. The molecule has 0 atom stereocenters. The normalized spacial score (nSPS) is 11.8. The van der Waals surface area contributed by atoms with Crippen LogP contribution in [0.15, 0.2) is 168 Å². The van der Waals surface area contributed by atoms with Gasteiger partial charge in [-0.05, 0) is 44.8 Å². The van der Waals surface area contributed by atoms with E-state index in [1.54, 1.807) is 12.1 Å². The van der Waals surface area contributed by atoms with Gasteiger partial charge in [0.1, 0.15) is 0 Å². The Balaban J connectivity index is 1.46. The van der Waals surface area contributed by atoms with Crippen molar-refractivity contribution in [1.82, 2.24) is 4.98 Å². The zero-order valence-electron chi connectivity index (χ0n) is 26.1. The summed E-state index contributed by atoms with van der Waals surface area (Å²) in [5.74, 6) is 0. The number of sulfone groups is 1. The molecule has 0 unspecified atom stereocenters. The van der Waals surface area contributed by atoms with Gasteiger partial charge in [0, 0.05) is 32.5 Å². The highest BCUT2D eigenvalue weighted by atomic mass is 32.2. The van der Waals surface area contributed by atoms with Gasteiger partial charge >= 0.3 is 0 Å². The molecule has 0 N–H and O–H groups in total. The second kappa shape index (κ2) is 11.1. The number of hydrogen-bond acceptors (Lipinski definition) is 3. The van der Waals surface area contributed by atoms with Crippen molar-refractivity contribution >= 4 is 69.5 Å². The van der Waals surface area contributed by atoms with Crippen LogP contribution in [0.1, 0.15) is 0 Å². The number of aromatic nitrogens is 1. The Kier molecular flexibility index (Phi) is 6.55. The lowest BCUT2D eigenvalue weighted by atomic mass is 9.86. The van der Waals surface area contributed by atoms with Crippen molar-refractivity contribution in [1.29, 1.82) is 0 Å². The van der Waals surface area contributed by atoms with E-state index < -0.39 is 9.84 Å². The number of benzene rings is 8. The molecular formula is C44H26N2O2S. The van der Waals surface area contributed by atoms with Gasteiger partial charge in [0.05, 0.1) is 27.6 Å². The summed E-state index contributed by atoms with van der Waals surface area (Å²) in [6.07, 6.45) is 0. The minimum atomic E-state index is -3.97. The molecule has 0 aliphatic carbocycles. The van der Waals surface area contributed by atoms with E-state index in [0.29, 0.717) is 16.5 Å². The van der Waals surface area contributed by atoms with Crippen LogP contribution in [-0.2, 0) is 9.84 Å². The van der Waals surface area contributed by atoms with Crippen LogP contribution in [0.2, 0.25) is 0 Å². The molecule has 1 aromatic heterocycles. The minimum Gasteiger partial charge on any atom is -0.247 e. The maximum Gasteiger partial charge on any atom is 0.207 e. The summed E-state index contributed by atoms with van der Waals surface area (Å²) in [7, 11) is -3.97. The van der Waals surface area contributed by atoms with Gasteiger partial charge in [-0.3, -0.25) is 0 Å². The summed E-state index contributed by atoms with van der Waals surface area (Å²) in [6, 6.07) is 51.1.